The molecular weight excluding hydrogens is 286 g/mol. The van der Waals surface area contributed by atoms with Crippen LogP contribution in [0.4, 0.5) is 5.82 Å². The van der Waals surface area contributed by atoms with Crippen LogP contribution in [0.1, 0.15) is 37.9 Å². The smallest absolute Gasteiger partial charge is 0.320 e. The molecule has 0 spiro atoms. The standard InChI is InChI=1S/C15H21N3O4/c1-9-6-13(17-22-9)16-14(19)8-18-11-5-3-2-4-10(11)7-12(18)15(20)21/h6,10-12H,2-5,7-8H2,1H3,(H,20,21)(H,16,17,19)/t10-,11-,12+/m1/s1. The zero-order valence-corrected chi connectivity index (χ0v) is 12.6. The van der Waals surface area contributed by atoms with Gasteiger partial charge in [-0.25, -0.2) is 0 Å². The number of amides is 1. The third-order valence-electron chi connectivity index (χ3n) is 4.73. The summed E-state index contributed by atoms with van der Waals surface area (Å²) in [6.45, 7) is 1.83. The van der Waals surface area contributed by atoms with E-state index in [1.165, 1.54) is 0 Å². The number of nitrogens with zero attached hydrogens (tertiary/aromatic N) is 2. The number of anilines is 1. The summed E-state index contributed by atoms with van der Waals surface area (Å²) in [5.74, 6) is 0.309. The molecule has 120 valence electrons. The topological polar surface area (TPSA) is 95.7 Å². The molecule has 0 radical (unpaired) electrons. The Morgan fingerprint density at radius 3 is 2.91 bits per heavy atom. The molecule has 7 nitrogen and oxygen atoms in total. The average Bonchev–Trinajstić information content (AvgIpc) is 3.03. The van der Waals surface area contributed by atoms with E-state index in [0.717, 1.165) is 25.7 Å². The predicted molar refractivity (Wildman–Crippen MR) is 78.4 cm³/mol. The fourth-order valence-electron chi connectivity index (χ4n) is 3.80. The molecule has 0 bridgehead atoms. The average molecular weight is 307 g/mol. The Bertz CT molecular complexity index is 571. The van der Waals surface area contributed by atoms with E-state index in [1.54, 1.807) is 13.0 Å². The maximum Gasteiger partial charge on any atom is 0.320 e. The van der Waals surface area contributed by atoms with Gasteiger partial charge in [0, 0.05) is 12.1 Å². The van der Waals surface area contributed by atoms with Crippen LogP contribution in [0, 0.1) is 12.8 Å². The van der Waals surface area contributed by atoms with E-state index in [2.05, 4.69) is 10.5 Å². The number of carboxylic acids is 1. The number of aryl methyl sites for hydroxylation is 1. The molecule has 22 heavy (non-hydrogen) atoms. The summed E-state index contributed by atoms with van der Waals surface area (Å²) in [6.07, 6.45) is 4.95. The summed E-state index contributed by atoms with van der Waals surface area (Å²) in [5, 5.41) is 15.8. The highest BCUT2D eigenvalue weighted by Crippen LogP contribution is 2.39. The second kappa shape index (κ2) is 6.08. The van der Waals surface area contributed by atoms with Gasteiger partial charge in [0.15, 0.2) is 5.82 Å². The molecule has 1 aliphatic carbocycles. The first-order valence-corrected chi connectivity index (χ1v) is 7.76. The van der Waals surface area contributed by atoms with Crippen molar-refractivity contribution in [2.45, 2.75) is 51.1 Å². The van der Waals surface area contributed by atoms with Crippen molar-refractivity contribution < 1.29 is 19.2 Å². The lowest BCUT2D eigenvalue weighted by Gasteiger charge is -2.32. The lowest BCUT2D eigenvalue weighted by atomic mass is 9.85. The molecule has 1 saturated carbocycles. The zero-order chi connectivity index (χ0) is 15.7. The van der Waals surface area contributed by atoms with Crippen LogP contribution in [0.25, 0.3) is 0 Å². The number of carbonyl (C=O) groups is 2. The van der Waals surface area contributed by atoms with Crippen LogP contribution in [-0.2, 0) is 9.59 Å². The van der Waals surface area contributed by atoms with Crippen LogP contribution in [0.15, 0.2) is 10.6 Å². The molecule has 3 rings (SSSR count). The molecule has 1 aromatic rings. The second-order valence-electron chi connectivity index (χ2n) is 6.24. The van der Waals surface area contributed by atoms with Gasteiger partial charge in [0.1, 0.15) is 11.8 Å². The fourth-order valence-corrected chi connectivity index (χ4v) is 3.80. The van der Waals surface area contributed by atoms with Crippen molar-refractivity contribution in [3.8, 4) is 0 Å². The molecule has 2 fully saturated rings. The number of carboxylic acid groups (broad SMARTS) is 1. The fraction of sp³-hybridized carbons (Fsp3) is 0.667. The molecule has 3 atom stereocenters. The molecule has 0 aromatic carbocycles. The number of hydrogen-bond donors (Lipinski definition) is 2. The van der Waals surface area contributed by atoms with E-state index in [4.69, 9.17) is 4.52 Å². The van der Waals surface area contributed by atoms with E-state index < -0.39 is 12.0 Å². The first kappa shape index (κ1) is 15.0. The Kier molecular flexibility index (Phi) is 4.15. The largest absolute Gasteiger partial charge is 0.480 e. The van der Waals surface area contributed by atoms with Crippen LogP contribution < -0.4 is 5.32 Å². The third kappa shape index (κ3) is 2.99. The number of hydrogen-bond acceptors (Lipinski definition) is 5. The normalized spacial score (nSPS) is 28.3. The SMILES string of the molecule is Cc1cc(NC(=O)CN2[C@@H]3CCCC[C@@H]3C[C@H]2C(=O)O)no1. The minimum absolute atomic E-state index is 0.0873. The Morgan fingerprint density at radius 1 is 1.45 bits per heavy atom. The summed E-state index contributed by atoms with van der Waals surface area (Å²) in [5.41, 5.74) is 0. The minimum Gasteiger partial charge on any atom is -0.480 e. The van der Waals surface area contributed by atoms with E-state index in [0.29, 0.717) is 23.9 Å². The van der Waals surface area contributed by atoms with Crippen LogP contribution in [0.5, 0.6) is 0 Å². The summed E-state index contributed by atoms with van der Waals surface area (Å²) in [6, 6.07) is 1.29. The van der Waals surface area contributed by atoms with Crippen molar-refractivity contribution in [1.29, 1.82) is 0 Å². The van der Waals surface area contributed by atoms with Crippen molar-refractivity contribution in [3.05, 3.63) is 11.8 Å². The number of fused-ring (bicyclic) bond motifs is 1. The first-order chi connectivity index (χ1) is 10.5. The van der Waals surface area contributed by atoms with E-state index in [1.807, 2.05) is 4.90 Å². The number of aromatic nitrogens is 1. The summed E-state index contributed by atoms with van der Waals surface area (Å²) in [7, 11) is 0. The Morgan fingerprint density at radius 2 is 2.23 bits per heavy atom. The zero-order valence-electron chi connectivity index (χ0n) is 12.6. The van der Waals surface area contributed by atoms with Gasteiger partial charge in [0.05, 0.1) is 6.54 Å². The van der Waals surface area contributed by atoms with Crippen LogP contribution in [-0.4, -0.2) is 45.7 Å². The molecule has 1 aliphatic heterocycles. The number of aliphatic carboxylic acids is 1. The first-order valence-electron chi connectivity index (χ1n) is 7.76. The van der Waals surface area contributed by atoms with Crippen molar-refractivity contribution in [2.24, 2.45) is 5.92 Å². The lowest BCUT2D eigenvalue weighted by molar-refractivity contribution is -0.143. The van der Waals surface area contributed by atoms with Crippen LogP contribution in [0.3, 0.4) is 0 Å². The van der Waals surface area contributed by atoms with Gasteiger partial charge >= 0.3 is 5.97 Å². The number of nitrogens with one attached hydrogen (secondary N) is 1. The van der Waals surface area contributed by atoms with E-state index in [-0.39, 0.29) is 18.5 Å². The van der Waals surface area contributed by atoms with Gasteiger partial charge < -0.3 is 14.9 Å². The summed E-state index contributed by atoms with van der Waals surface area (Å²) < 4.78 is 4.91. The molecule has 2 heterocycles. The van der Waals surface area contributed by atoms with Gasteiger partial charge in [-0.1, -0.05) is 18.0 Å². The highest BCUT2D eigenvalue weighted by Gasteiger charge is 2.45. The van der Waals surface area contributed by atoms with Gasteiger partial charge in [-0.2, -0.15) is 0 Å². The van der Waals surface area contributed by atoms with E-state index in [9.17, 15) is 14.7 Å². The molecule has 2 aliphatic rings. The minimum atomic E-state index is -0.834. The van der Waals surface area contributed by atoms with Gasteiger partial charge in [-0.05, 0) is 32.1 Å². The molecule has 1 amide bonds. The van der Waals surface area contributed by atoms with Gasteiger partial charge in [0.2, 0.25) is 5.91 Å². The van der Waals surface area contributed by atoms with Crippen LogP contribution in [0.2, 0.25) is 0 Å². The Balaban J connectivity index is 1.67. The molecular formula is C15H21N3O4. The maximum absolute atomic E-state index is 12.2. The van der Waals surface area contributed by atoms with E-state index >= 15 is 0 Å². The predicted octanol–water partition coefficient (Wildman–Crippen LogP) is 1.64. The second-order valence-corrected chi connectivity index (χ2v) is 6.24. The summed E-state index contributed by atoms with van der Waals surface area (Å²) in [4.78, 5) is 25.5. The third-order valence-corrected chi connectivity index (χ3v) is 4.73. The van der Waals surface area contributed by atoms with Crippen molar-refractivity contribution in [3.63, 3.8) is 0 Å². The van der Waals surface area contributed by atoms with Crippen LogP contribution >= 0.6 is 0 Å². The monoisotopic (exact) mass is 307 g/mol. The highest BCUT2D eigenvalue weighted by molar-refractivity contribution is 5.91. The molecule has 7 heteroatoms. The van der Waals surface area contributed by atoms with Crippen molar-refractivity contribution in [2.75, 3.05) is 11.9 Å². The van der Waals surface area contributed by atoms with Crippen molar-refractivity contribution in [1.82, 2.24) is 10.1 Å². The number of carbonyl (C=O) groups excluding carboxylic acids is 1. The molecule has 1 saturated heterocycles. The highest BCUT2D eigenvalue weighted by atomic mass is 16.5. The number of likely N-dealkylation sites (tertiary alicyclic amines) is 1. The molecule has 0 unspecified atom stereocenters. The Labute approximate surface area is 128 Å². The quantitative estimate of drug-likeness (QED) is 0.878. The number of rotatable bonds is 4. The Hall–Kier alpha value is -1.89. The van der Waals surface area contributed by atoms with Gasteiger partial charge in [-0.15, -0.1) is 0 Å². The summed E-state index contributed by atoms with van der Waals surface area (Å²) >= 11 is 0. The van der Waals surface area contributed by atoms with Gasteiger partial charge in [0.25, 0.3) is 0 Å². The molecule has 1 aromatic heterocycles. The van der Waals surface area contributed by atoms with Crippen molar-refractivity contribution >= 4 is 17.7 Å². The maximum atomic E-state index is 12.2. The lowest BCUT2D eigenvalue weighted by Crippen LogP contribution is -2.46. The van der Waals surface area contributed by atoms with Gasteiger partial charge in [-0.3, -0.25) is 14.5 Å². The molecule has 2 N–H and O–H groups in total.